The van der Waals surface area contributed by atoms with E-state index in [0.29, 0.717) is 0 Å². The van der Waals surface area contributed by atoms with Crippen LogP contribution in [0.5, 0.6) is 0 Å². The Labute approximate surface area is 62.7 Å². The predicted molar refractivity (Wildman–Crippen MR) is 42.6 cm³/mol. The lowest BCUT2D eigenvalue weighted by Crippen LogP contribution is -2.24. The molecule has 3 unspecified atom stereocenters. The first kappa shape index (κ1) is 6.26. The van der Waals surface area contributed by atoms with Crippen LogP contribution in [0.25, 0.3) is 0 Å². The first-order valence-corrected chi connectivity index (χ1v) is 4.17. The summed E-state index contributed by atoms with van der Waals surface area (Å²) in [6.45, 7) is 2.36. The van der Waals surface area contributed by atoms with E-state index in [2.05, 4.69) is 31.1 Å². The summed E-state index contributed by atoms with van der Waals surface area (Å²) in [6, 6.07) is 0.843. The van der Waals surface area contributed by atoms with Crippen LogP contribution in [0.3, 0.4) is 0 Å². The van der Waals surface area contributed by atoms with Crippen molar-refractivity contribution in [3.05, 3.63) is 12.3 Å². The Kier molecular flexibility index (Phi) is 1.26. The van der Waals surface area contributed by atoms with E-state index < -0.39 is 0 Å². The van der Waals surface area contributed by atoms with Crippen LogP contribution in [0.4, 0.5) is 0 Å². The summed E-state index contributed by atoms with van der Waals surface area (Å²) < 4.78 is 0. The number of rotatable bonds is 0. The maximum absolute atomic E-state index is 2.37. The van der Waals surface area contributed by atoms with Crippen LogP contribution < -0.4 is 0 Å². The van der Waals surface area contributed by atoms with Gasteiger partial charge in [0.15, 0.2) is 0 Å². The third-order valence-electron chi connectivity index (χ3n) is 2.90. The van der Waals surface area contributed by atoms with Crippen molar-refractivity contribution in [2.75, 3.05) is 7.05 Å². The summed E-state index contributed by atoms with van der Waals surface area (Å²) in [5, 5.41) is 0. The largest absolute Gasteiger partial charge is 0.377 e. The molecule has 2 rings (SSSR count). The maximum Gasteiger partial charge on any atom is 0.0347 e. The molecule has 0 aromatic heterocycles. The van der Waals surface area contributed by atoms with Crippen LogP contribution in [0, 0.1) is 11.8 Å². The van der Waals surface area contributed by atoms with Crippen molar-refractivity contribution in [3.8, 4) is 0 Å². The molecule has 1 heterocycles. The van der Waals surface area contributed by atoms with E-state index in [1.165, 1.54) is 12.8 Å². The van der Waals surface area contributed by atoms with Gasteiger partial charge in [-0.05, 0) is 30.9 Å². The average Bonchev–Trinajstić information content (AvgIpc) is 2.35. The van der Waals surface area contributed by atoms with Gasteiger partial charge in [-0.25, -0.2) is 0 Å². The highest BCUT2D eigenvalue weighted by molar-refractivity contribution is 5.07. The van der Waals surface area contributed by atoms with Crippen molar-refractivity contribution in [2.45, 2.75) is 25.8 Å². The zero-order valence-corrected chi connectivity index (χ0v) is 6.75. The molecule has 1 nitrogen and oxygen atoms in total. The fourth-order valence-corrected chi connectivity index (χ4v) is 2.34. The third kappa shape index (κ3) is 0.764. The number of hydrogen-bond donors (Lipinski definition) is 0. The van der Waals surface area contributed by atoms with Gasteiger partial charge in [0.1, 0.15) is 0 Å². The zero-order valence-electron chi connectivity index (χ0n) is 6.75. The maximum atomic E-state index is 2.37. The smallest absolute Gasteiger partial charge is 0.0347 e. The molecule has 1 fully saturated rings. The van der Waals surface area contributed by atoms with E-state index >= 15 is 0 Å². The van der Waals surface area contributed by atoms with Gasteiger partial charge in [0.05, 0.1) is 0 Å². The number of nitrogens with zero attached hydrogens (tertiary/aromatic N) is 1. The minimum atomic E-state index is 0.843. The van der Waals surface area contributed by atoms with Crippen LogP contribution >= 0.6 is 0 Å². The Morgan fingerprint density at radius 1 is 1.40 bits per heavy atom. The van der Waals surface area contributed by atoms with E-state index in [0.717, 1.165) is 17.9 Å². The average molecular weight is 137 g/mol. The van der Waals surface area contributed by atoms with Gasteiger partial charge >= 0.3 is 0 Å². The van der Waals surface area contributed by atoms with Crippen molar-refractivity contribution < 1.29 is 0 Å². The monoisotopic (exact) mass is 137 g/mol. The Balaban J connectivity index is 2.12. The first-order valence-electron chi connectivity index (χ1n) is 4.17. The molecule has 0 saturated heterocycles. The van der Waals surface area contributed by atoms with Crippen LogP contribution in [0.1, 0.15) is 19.8 Å². The second-order valence-corrected chi connectivity index (χ2v) is 3.81. The highest BCUT2D eigenvalue weighted by Crippen LogP contribution is 2.38. The summed E-state index contributed by atoms with van der Waals surface area (Å²) in [7, 11) is 2.19. The van der Waals surface area contributed by atoms with Gasteiger partial charge in [0.2, 0.25) is 0 Å². The molecule has 1 saturated carbocycles. The highest BCUT2D eigenvalue weighted by Gasteiger charge is 2.34. The van der Waals surface area contributed by atoms with Gasteiger partial charge in [0, 0.05) is 13.1 Å². The molecular formula is C9H15N. The molecule has 1 heteroatoms. The number of fused-ring (bicyclic) bond motifs is 1. The Bertz CT molecular complexity index is 162. The molecular weight excluding hydrogens is 122 g/mol. The zero-order chi connectivity index (χ0) is 7.14. The molecule has 0 bridgehead atoms. The van der Waals surface area contributed by atoms with Gasteiger partial charge in [-0.2, -0.15) is 0 Å². The van der Waals surface area contributed by atoms with Gasteiger partial charge in [-0.1, -0.05) is 13.0 Å². The topological polar surface area (TPSA) is 3.24 Å². The summed E-state index contributed by atoms with van der Waals surface area (Å²) in [4.78, 5) is 2.37. The fraction of sp³-hybridized carbons (Fsp3) is 0.778. The van der Waals surface area contributed by atoms with Crippen molar-refractivity contribution in [3.63, 3.8) is 0 Å². The standard InChI is InChI=1S/C9H15N/c1-7-5-8-3-4-10(2)9(8)6-7/h3-4,7-9H,5-6H2,1-2H3. The summed E-state index contributed by atoms with van der Waals surface area (Å²) in [5.41, 5.74) is 0. The van der Waals surface area contributed by atoms with Crippen LogP contribution in [0.2, 0.25) is 0 Å². The minimum Gasteiger partial charge on any atom is -0.377 e. The molecule has 56 valence electrons. The molecule has 0 aromatic carbocycles. The van der Waals surface area contributed by atoms with E-state index in [4.69, 9.17) is 0 Å². The van der Waals surface area contributed by atoms with Crippen molar-refractivity contribution in [2.24, 2.45) is 11.8 Å². The van der Waals surface area contributed by atoms with Gasteiger partial charge in [0.25, 0.3) is 0 Å². The van der Waals surface area contributed by atoms with Crippen LogP contribution in [-0.4, -0.2) is 18.0 Å². The molecule has 3 atom stereocenters. The van der Waals surface area contributed by atoms with Gasteiger partial charge in [-0.15, -0.1) is 0 Å². The summed E-state index contributed by atoms with van der Waals surface area (Å²) in [5.74, 6) is 1.82. The van der Waals surface area contributed by atoms with Crippen LogP contribution in [0.15, 0.2) is 12.3 Å². The van der Waals surface area contributed by atoms with Crippen molar-refractivity contribution >= 4 is 0 Å². The Morgan fingerprint density at radius 2 is 2.20 bits per heavy atom. The SMILES string of the molecule is CC1CC2C=CN(C)C2C1. The van der Waals surface area contributed by atoms with Crippen LogP contribution in [-0.2, 0) is 0 Å². The molecule has 10 heavy (non-hydrogen) atoms. The molecule has 0 aromatic rings. The molecule has 0 N–H and O–H groups in total. The lowest BCUT2D eigenvalue weighted by atomic mass is 10.1. The third-order valence-corrected chi connectivity index (χ3v) is 2.90. The molecule has 2 aliphatic rings. The second kappa shape index (κ2) is 2.01. The molecule has 0 amide bonds. The van der Waals surface area contributed by atoms with E-state index in [1.807, 2.05) is 0 Å². The summed E-state index contributed by atoms with van der Waals surface area (Å²) >= 11 is 0. The van der Waals surface area contributed by atoms with E-state index in [1.54, 1.807) is 0 Å². The molecule has 1 aliphatic carbocycles. The number of hydrogen-bond acceptors (Lipinski definition) is 1. The van der Waals surface area contributed by atoms with Gasteiger partial charge < -0.3 is 4.90 Å². The van der Waals surface area contributed by atoms with Crippen molar-refractivity contribution in [1.82, 2.24) is 4.90 Å². The Morgan fingerprint density at radius 3 is 2.90 bits per heavy atom. The lowest BCUT2D eigenvalue weighted by molar-refractivity contribution is 0.324. The first-order chi connectivity index (χ1) is 4.77. The molecule has 1 aliphatic heterocycles. The fourth-order valence-electron chi connectivity index (χ4n) is 2.34. The van der Waals surface area contributed by atoms with Gasteiger partial charge in [-0.3, -0.25) is 0 Å². The van der Waals surface area contributed by atoms with E-state index in [9.17, 15) is 0 Å². The minimum absolute atomic E-state index is 0.843. The quantitative estimate of drug-likeness (QED) is 0.492. The Hall–Kier alpha value is -0.460. The highest BCUT2D eigenvalue weighted by atomic mass is 15.1. The summed E-state index contributed by atoms with van der Waals surface area (Å²) in [6.07, 6.45) is 7.41. The van der Waals surface area contributed by atoms with Crippen molar-refractivity contribution in [1.29, 1.82) is 0 Å². The molecule has 0 radical (unpaired) electrons. The predicted octanol–water partition coefficient (Wildman–Crippen LogP) is 1.86. The lowest BCUT2D eigenvalue weighted by Gasteiger charge is -2.19. The normalized spacial score (nSPS) is 44.6. The second-order valence-electron chi connectivity index (χ2n) is 3.81. The molecule has 0 spiro atoms. The van der Waals surface area contributed by atoms with E-state index in [-0.39, 0.29) is 0 Å².